The Hall–Kier alpha value is -0.110. The Labute approximate surface area is 50.3 Å². The van der Waals surface area contributed by atoms with E-state index in [9.17, 15) is 4.39 Å². The second-order valence-electron chi connectivity index (χ2n) is 2.50. The average Bonchev–Trinajstić information content (AvgIpc) is 1.59. The Bertz CT molecular complexity index is 56.0. The van der Waals surface area contributed by atoms with Gasteiger partial charge in [0.1, 0.15) is 5.67 Å². The Morgan fingerprint density at radius 3 is 2.12 bits per heavy atom. The minimum atomic E-state index is -1.06. The zero-order chi connectivity index (χ0) is 6.62. The van der Waals surface area contributed by atoms with Crippen molar-refractivity contribution >= 4 is 0 Å². The maximum Gasteiger partial charge on any atom is 0.117 e. The quantitative estimate of drug-likeness (QED) is 0.591. The van der Waals surface area contributed by atoms with Gasteiger partial charge in [-0.2, -0.15) is 0 Å². The lowest BCUT2D eigenvalue weighted by molar-refractivity contribution is 0.212. The van der Waals surface area contributed by atoms with Crippen molar-refractivity contribution in [1.29, 1.82) is 0 Å². The predicted octanol–water partition coefficient (Wildman–Crippen LogP) is 1.34. The zero-order valence-corrected chi connectivity index (χ0v) is 5.79. The summed E-state index contributed by atoms with van der Waals surface area (Å²) in [5.41, 5.74) is -1.06. The van der Waals surface area contributed by atoms with Crippen molar-refractivity contribution < 1.29 is 4.39 Å². The van der Waals surface area contributed by atoms with Crippen LogP contribution >= 0.6 is 0 Å². The van der Waals surface area contributed by atoms with Gasteiger partial charge in [-0.1, -0.05) is 6.92 Å². The molecule has 0 spiro atoms. The summed E-state index contributed by atoms with van der Waals surface area (Å²) >= 11 is 0. The second-order valence-corrected chi connectivity index (χ2v) is 2.50. The molecular formula is C6H14FN. The van der Waals surface area contributed by atoms with E-state index in [0.29, 0.717) is 6.54 Å². The molecule has 0 atom stereocenters. The highest BCUT2D eigenvalue weighted by Gasteiger charge is 2.12. The van der Waals surface area contributed by atoms with Gasteiger partial charge >= 0.3 is 0 Å². The van der Waals surface area contributed by atoms with Crippen LogP contribution in [0.5, 0.6) is 0 Å². The smallest absolute Gasteiger partial charge is 0.117 e. The van der Waals surface area contributed by atoms with Crippen LogP contribution in [-0.4, -0.2) is 18.8 Å². The van der Waals surface area contributed by atoms with E-state index in [2.05, 4.69) is 5.32 Å². The normalized spacial score (nSPS) is 12.0. The third-order valence-corrected chi connectivity index (χ3v) is 0.795. The number of halogens is 1. The molecule has 0 aliphatic heterocycles. The Morgan fingerprint density at radius 1 is 1.50 bits per heavy atom. The Balaban J connectivity index is 3.11. The fourth-order valence-electron chi connectivity index (χ4n) is 0.422. The predicted molar refractivity (Wildman–Crippen MR) is 33.7 cm³/mol. The fraction of sp³-hybridized carbons (Fsp3) is 1.00. The molecule has 0 heterocycles. The van der Waals surface area contributed by atoms with Gasteiger partial charge in [0.05, 0.1) is 0 Å². The van der Waals surface area contributed by atoms with Crippen LogP contribution in [0.15, 0.2) is 0 Å². The summed E-state index contributed by atoms with van der Waals surface area (Å²) in [6.07, 6.45) is 0. The van der Waals surface area contributed by atoms with E-state index in [0.717, 1.165) is 6.54 Å². The van der Waals surface area contributed by atoms with E-state index in [4.69, 9.17) is 0 Å². The number of alkyl halides is 1. The molecule has 0 saturated heterocycles. The van der Waals surface area contributed by atoms with Crippen molar-refractivity contribution in [2.45, 2.75) is 26.4 Å². The topological polar surface area (TPSA) is 12.0 Å². The van der Waals surface area contributed by atoms with Gasteiger partial charge in [0.25, 0.3) is 0 Å². The van der Waals surface area contributed by atoms with E-state index in [1.54, 1.807) is 13.8 Å². The van der Waals surface area contributed by atoms with Gasteiger partial charge in [0.15, 0.2) is 0 Å². The lowest BCUT2D eigenvalue weighted by Crippen LogP contribution is -2.30. The van der Waals surface area contributed by atoms with Gasteiger partial charge < -0.3 is 5.32 Å². The minimum Gasteiger partial charge on any atom is -0.314 e. The van der Waals surface area contributed by atoms with Gasteiger partial charge in [0.2, 0.25) is 0 Å². The highest BCUT2D eigenvalue weighted by Crippen LogP contribution is 2.04. The van der Waals surface area contributed by atoms with Crippen molar-refractivity contribution in [3.05, 3.63) is 0 Å². The third kappa shape index (κ3) is 5.89. The fourth-order valence-corrected chi connectivity index (χ4v) is 0.422. The van der Waals surface area contributed by atoms with Crippen LogP contribution in [0.3, 0.4) is 0 Å². The molecule has 0 aliphatic carbocycles. The SMILES string of the molecule is CCNCC(C)(C)F. The van der Waals surface area contributed by atoms with Crippen LogP contribution < -0.4 is 5.32 Å². The summed E-state index contributed by atoms with van der Waals surface area (Å²) in [5.74, 6) is 0. The number of hydrogen-bond acceptors (Lipinski definition) is 1. The van der Waals surface area contributed by atoms with Crippen LogP contribution in [0.4, 0.5) is 4.39 Å². The molecule has 0 fully saturated rings. The van der Waals surface area contributed by atoms with Gasteiger partial charge in [0, 0.05) is 6.54 Å². The van der Waals surface area contributed by atoms with E-state index in [-0.39, 0.29) is 0 Å². The summed E-state index contributed by atoms with van der Waals surface area (Å²) in [4.78, 5) is 0. The summed E-state index contributed by atoms with van der Waals surface area (Å²) in [5, 5.41) is 2.91. The van der Waals surface area contributed by atoms with Crippen LogP contribution in [-0.2, 0) is 0 Å². The van der Waals surface area contributed by atoms with Crippen molar-refractivity contribution in [2.75, 3.05) is 13.1 Å². The van der Waals surface area contributed by atoms with Crippen LogP contribution in [0.25, 0.3) is 0 Å². The summed E-state index contributed by atoms with van der Waals surface area (Å²) in [7, 11) is 0. The van der Waals surface area contributed by atoms with E-state index in [1.807, 2.05) is 6.92 Å². The van der Waals surface area contributed by atoms with E-state index in [1.165, 1.54) is 0 Å². The molecular weight excluding hydrogens is 105 g/mol. The van der Waals surface area contributed by atoms with Crippen molar-refractivity contribution in [2.24, 2.45) is 0 Å². The molecule has 0 aromatic heterocycles. The van der Waals surface area contributed by atoms with E-state index < -0.39 is 5.67 Å². The first-order valence-corrected chi connectivity index (χ1v) is 2.96. The van der Waals surface area contributed by atoms with Crippen molar-refractivity contribution in [3.63, 3.8) is 0 Å². The van der Waals surface area contributed by atoms with Crippen LogP contribution in [0.1, 0.15) is 20.8 Å². The number of hydrogen-bond donors (Lipinski definition) is 1. The molecule has 1 nitrogen and oxygen atoms in total. The average molecular weight is 119 g/mol. The molecule has 2 heteroatoms. The summed E-state index contributed by atoms with van der Waals surface area (Å²) < 4.78 is 12.5. The molecule has 0 aromatic rings. The highest BCUT2D eigenvalue weighted by atomic mass is 19.1. The van der Waals surface area contributed by atoms with Crippen LogP contribution in [0, 0.1) is 0 Å². The second kappa shape index (κ2) is 3.02. The van der Waals surface area contributed by atoms with Gasteiger partial charge in [-0.15, -0.1) is 0 Å². The Kier molecular flexibility index (Phi) is 2.98. The number of nitrogens with one attached hydrogen (secondary N) is 1. The van der Waals surface area contributed by atoms with Crippen molar-refractivity contribution in [3.8, 4) is 0 Å². The molecule has 0 amide bonds. The zero-order valence-electron chi connectivity index (χ0n) is 5.79. The molecule has 8 heavy (non-hydrogen) atoms. The highest BCUT2D eigenvalue weighted by molar-refractivity contribution is 4.67. The first-order chi connectivity index (χ1) is 3.56. The summed E-state index contributed by atoms with van der Waals surface area (Å²) in [6, 6.07) is 0. The first-order valence-electron chi connectivity index (χ1n) is 2.96. The lowest BCUT2D eigenvalue weighted by atomic mass is 10.2. The standard InChI is InChI=1S/C6H14FN/c1-4-8-5-6(2,3)7/h8H,4-5H2,1-3H3. The molecule has 50 valence electrons. The van der Waals surface area contributed by atoms with Gasteiger partial charge in [-0.25, -0.2) is 4.39 Å². The number of rotatable bonds is 3. The molecule has 1 N–H and O–H groups in total. The summed E-state index contributed by atoms with van der Waals surface area (Å²) in [6.45, 7) is 6.38. The minimum absolute atomic E-state index is 0.448. The van der Waals surface area contributed by atoms with Gasteiger partial charge in [-0.3, -0.25) is 0 Å². The molecule has 0 radical (unpaired) electrons. The molecule has 0 aliphatic rings. The Morgan fingerprint density at radius 2 is 2.00 bits per heavy atom. The maximum atomic E-state index is 12.5. The largest absolute Gasteiger partial charge is 0.314 e. The molecule has 0 saturated carbocycles. The monoisotopic (exact) mass is 119 g/mol. The first kappa shape index (κ1) is 7.89. The third-order valence-electron chi connectivity index (χ3n) is 0.795. The van der Waals surface area contributed by atoms with E-state index >= 15 is 0 Å². The molecule has 0 rings (SSSR count). The van der Waals surface area contributed by atoms with Crippen LogP contribution in [0.2, 0.25) is 0 Å². The van der Waals surface area contributed by atoms with Gasteiger partial charge in [-0.05, 0) is 20.4 Å². The molecule has 0 aromatic carbocycles. The lowest BCUT2D eigenvalue weighted by Gasteiger charge is -2.12. The molecule has 0 bridgehead atoms. The molecule has 0 unspecified atom stereocenters. The maximum absolute atomic E-state index is 12.5. The van der Waals surface area contributed by atoms with Crippen molar-refractivity contribution in [1.82, 2.24) is 5.32 Å².